The largest absolute Gasteiger partial charge is 0.460 e. The van der Waals surface area contributed by atoms with Crippen LogP contribution in [0.15, 0.2) is 91.0 Å². The van der Waals surface area contributed by atoms with Crippen LogP contribution in [0.3, 0.4) is 0 Å². The van der Waals surface area contributed by atoms with E-state index in [0.29, 0.717) is 18.6 Å². The summed E-state index contributed by atoms with van der Waals surface area (Å²) in [6.07, 6.45) is 0.298. The number of hydrogen-bond acceptors (Lipinski definition) is 8. The van der Waals surface area contributed by atoms with Gasteiger partial charge in [0.25, 0.3) is 0 Å². The molecular weight excluding hydrogens is 663 g/mol. The maximum atomic E-state index is 14.0. The van der Waals surface area contributed by atoms with E-state index in [1.165, 1.54) is 0 Å². The second-order valence-electron chi connectivity index (χ2n) is 15.6. The lowest BCUT2D eigenvalue weighted by atomic mass is 9.84. The van der Waals surface area contributed by atoms with E-state index in [-0.39, 0.29) is 6.42 Å². The lowest BCUT2D eigenvalue weighted by Gasteiger charge is -2.35. The van der Waals surface area contributed by atoms with Crippen LogP contribution >= 0.6 is 11.8 Å². The maximum absolute atomic E-state index is 14.0. The molecule has 0 aromatic heterocycles. The molecule has 1 N–H and O–H groups in total. The smallest absolute Gasteiger partial charge is 0.329 e. The molecule has 0 aliphatic heterocycles. The second kappa shape index (κ2) is 17.9. The molecule has 51 heavy (non-hydrogen) atoms. The highest BCUT2D eigenvalue weighted by Crippen LogP contribution is 2.48. The molecule has 0 spiro atoms. The Morgan fingerprint density at radius 1 is 0.588 bits per heavy atom. The number of rotatable bonds is 15. The Labute approximate surface area is 308 Å². The fraction of sp³-hybridized carbons (Fsp3) is 0.476. The highest BCUT2D eigenvalue weighted by molar-refractivity contribution is 8.00. The zero-order valence-electron chi connectivity index (χ0n) is 31.6. The van der Waals surface area contributed by atoms with Gasteiger partial charge in [-0.3, -0.25) is 14.4 Å². The van der Waals surface area contributed by atoms with Crippen LogP contribution in [0.2, 0.25) is 0 Å². The zero-order chi connectivity index (χ0) is 37.9. The number of benzene rings is 3. The summed E-state index contributed by atoms with van der Waals surface area (Å²) < 4.78 is 16.1. The van der Waals surface area contributed by atoms with E-state index in [1.54, 1.807) is 74.1 Å². The van der Waals surface area contributed by atoms with Gasteiger partial charge in [-0.25, -0.2) is 4.79 Å². The lowest BCUT2D eigenvalue weighted by molar-refractivity contribution is -0.165. The number of ether oxygens (including phenoxy) is 3. The van der Waals surface area contributed by atoms with Crippen molar-refractivity contribution in [3.63, 3.8) is 0 Å². The van der Waals surface area contributed by atoms with E-state index in [0.717, 1.165) is 16.7 Å². The van der Waals surface area contributed by atoms with E-state index in [2.05, 4.69) is 41.7 Å². The lowest BCUT2D eigenvalue weighted by Crippen LogP contribution is -2.48. The van der Waals surface area contributed by atoms with Crippen LogP contribution < -0.4 is 5.32 Å². The van der Waals surface area contributed by atoms with Gasteiger partial charge in [-0.15, -0.1) is 11.8 Å². The van der Waals surface area contributed by atoms with Crippen LogP contribution in [0.5, 0.6) is 0 Å². The van der Waals surface area contributed by atoms with Crippen molar-refractivity contribution in [3.8, 4) is 0 Å². The normalized spacial score (nSPS) is 13.4. The predicted octanol–water partition coefficient (Wildman–Crippen LogP) is 8.40. The van der Waals surface area contributed by atoms with Crippen LogP contribution in [-0.2, 0) is 38.1 Å². The monoisotopic (exact) mass is 717 g/mol. The number of esters is 3. The number of hydrogen-bond donors (Lipinski definition) is 1. The molecule has 0 fully saturated rings. The SMILES string of the molecule is CC(C)(C)OC(=O)CC(CCCSC(c1ccccc1)(c1ccccc1)c1ccccc1)C(=O)NC(CC(=O)OC(C)(C)C)C(=O)OC(C)(C)C. The average Bonchev–Trinajstić information content (AvgIpc) is 3.02. The van der Waals surface area contributed by atoms with Gasteiger partial charge in [0.2, 0.25) is 5.91 Å². The Balaban J connectivity index is 1.90. The highest BCUT2D eigenvalue weighted by atomic mass is 32.2. The molecule has 3 rings (SSSR count). The van der Waals surface area contributed by atoms with E-state index in [4.69, 9.17) is 14.2 Å². The van der Waals surface area contributed by atoms with Crippen LogP contribution in [0.1, 0.15) is 105 Å². The van der Waals surface area contributed by atoms with Gasteiger partial charge < -0.3 is 19.5 Å². The quantitative estimate of drug-likeness (QED) is 0.0723. The molecule has 0 saturated heterocycles. The van der Waals surface area contributed by atoms with Crippen molar-refractivity contribution < 1.29 is 33.4 Å². The molecule has 1 amide bonds. The van der Waals surface area contributed by atoms with Gasteiger partial charge in [0.15, 0.2) is 0 Å². The molecule has 276 valence electrons. The third-order valence-corrected chi connectivity index (χ3v) is 9.19. The number of carbonyl (C=O) groups excluding carboxylic acids is 4. The van der Waals surface area contributed by atoms with Gasteiger partial charge in [0, 0.05) is 5.92 Å². The topological polar surface area (TPSA) is 108 Å². The maximum Gasteiger partial charge on any atom is 0.329 e. The average molecular weight is 718 g/mol. The Morgan fingerprint density at radius 3 is 1.37 bits per heavy atom. The summed E-state index contributed by atoms with van der Waals surface area (Å²) in [5, 5.41) is 2.73. The first kappa shape index (κ1) is 41.3. The van der Waals surface area contributed by atoms with E-state index >= 15 is 0 Å². The van der Waals surface area contributed by atoms with Crippen molar-refractivity contribution in [1.29, 1.82) is 0 Å². The highest BCUT2D eigenvalue weighted by Gasteiger charge is 2.38. The first-order valence-electron chi connectivity index (χ1n) is 17.6. The number of nitrogens with one attached hydrogen (secondary N) is 1. The van der Waals surface area contributed by atoms with Crippen molar-refractivity contribution in [2.45, 2.75) is 116 Å². The second-order valence-corrected chi connectivity index (χ2v) is 17.0. The molecule has 0 bridgehead atoms. The minimum atomic E-state index is -1.30. The van der Waals surface area contributed by atoms with Gasteiger partial charge in [0.05, 0.1) is 17.6 Å². The van der Waals surface area contributed by atoms with Crippen molar-refractivity contribution in [2.24, 2.45) is 5.92 Å². The summed E-state index contributed by atoms with van der Waals surface area (Å²) >= 11 is 1.77. The summed E-state index contributed by atoms with van der Waals surface area (Å²) in [4.78, 5) is 53.1. The first-order chi connectivity index (χ1) is 23.8. The fourth-order valence-electron chi connectivity index (χ4n) is 5.64. The summed E-state index contributed by atoms with van der Waals surface area (Å²) in [6.45, 7) is 15.6. The van der Waals surface area contributed by atoms with Gasteiger partial charge >= 0.3 is 17.9 Å². The minimum absolute atomic E-state index is 0.192. The molecule has 0 heterocycles. The van der Waals surface area contributed by atoms with Gasteiger partial charge in [0.1, 0.15) is 22.8 Å². The molecule has 2 atom stereocenters. The van der Waals surface area contributed by atoms with Crippen molar-refractivity contribution in [2.75, 3.05) is 5.75 Å². The van der Waals surface area contributed by atoms with E-state index in [9.17, 15) is 19.2 Å². The molecule has 3 aromatic carbocycles. The number of carbonyl (C=O) groups is 4. The number of thioether (sulfide) groups is 1. The first-order valence-corrected chi connectivity index (χ1v) is 18.5. The molecule has 0 aliphatic rings. The Hall–Kier alpha value is -4.11. The number of amides is 1. The molecule has 0 saturated carbocycles. The van der Waals surface area contributed by atoms with Crippen molar-refractivity contribution in [1.82, 2.24) is 5.32 Å². The third-order valence-electron chi connectivity index (χ3n) is 7.56. The summed E-state index contributed by atoms with van der Waals surface area (Å²) in [5.74, 6) is -2.66. The fourth-order valence-corrected chi connectivity index (χ4v) is 7.16. The van der Waals surface area contributed by atoms with Gasteiger partial charge in [-0.05, 0) is 97.6 Å². The zero-order valence-corrected chi connectivity index (χ0v) is 32.4. The third kappa shape index (κ3) is 13.5. The molecular formula is C42H55NO7S. The van der Waals surface area contributed by atoms with Crippen molar-refractivity contribution >= 4 is 35.6 Å². The molecule has 0 radical (unpaired) electrons. The van der Waals surface area contributed by atoms with Crippen LogP contribution in [-0.4, -0.2) is 52.4 Å². The summed E-state index contributed by atoms with van der Waals surface area (Å²) in [6, 6.07) is 29.7. The molecule has 8 nitrogen and oxygen atoms in total. The van der Waals surface area contributed by atoms with E-state index < -0.39 is 63.7 Å². The van der Waals surface area contributed by atoms with Crippen molar-refractivity contribution in [3.05, 3.63) is 108 Å². The Bertz CT molecular complexity index is 1480. The summed E-state index contributed by atoms with van der Waals surface area (Å²) in [5.41, 5.74) is 0.979. The molecule has 0 aliphatic carbocycles. The Morgan fingerprint density at radius 2 is 0.980 bits per heavy atom. The van der Waals surface area contributed by atoms with Crippen LogP contribution in [0.25, 0.3) is 0 Å². The molecule has 3 aromatic rings. The summed E-state index contributed by atoms with van der Waals surface area (Å²) in [7, 11) is 0. The predicted molar refractivity (Wildman–Crippen MR) is 203 cm³/mol. The van der Waals surface area contributed by atoms with Gasteiger partial charge in [-0.1, -0.05) is 91.0 Å². The molecule has 2 unspecified atom stereocenters. The Kier molecular flexibility index (Phi) is 14.5. The minimum Gasteiger partial charge on any atom is -0.460 e. The molecule has 9 heteroatoms. The van der Waals surface area contributed by atoms with Crippen LogP contribution in [0, 0.1) is 5.92 Å². The van der Waals surface area contributed by atoms with Crippen LogP contribution in [0.4, 0.5) is 0 Å². The standard InChI is InChI=1S/C42H55NO7S/c1-39(2,3)48-35(44)28-30(37(46)43-34(38(47)50-41(7,8)9)29-36(45)49-40(4,5)6)20-19-27-51-42(31-21-13-10-14-22-31,32-23-15-11-16-24-32)33-25-17-12-18-26-33/h10-18,21-26,30,34H,19-20,27-29H2,1-9H3,(H,43,46). The van der Waals surface area contributed by atoms with Gasteiger partial charge in [-0.2, -0.15) is 0 Å². The van der Waals surface area contributed by atoms with E-state index in [1.807, 2.05) is 54.6 Å².